The average Bonchev–Trinajstić information content (AvgIpc) is 3.18. The lowest BCUT2D eigenvalue weighted by atomic mass is 10.0. The number of hydrogen-bond donors (Lipinski definition) is 3. The number of ether oxygens (including phenoxy) is 1. The van der Waals surface area contributed by atoms with Crippen LogP contribution in [0.5, 0.6) is 11.5 Å². The predicted octanol–water partition coefficient (Wildman–Crippen LogP) is 3.35. The van der Waals surface area contributed by atoms with Gasteiger partial charge in [0.2, 0.25) is 0 Å². The van der Waals surface area contributed by atoms with E-state index in [1.165, 1.54) is 24.3 Å². The summed E-state index contributed by atoms with van der Waals surface area (Å²) in [6.07, 6.45) is 1.54. The van der Waals surface area contributed by atoms with Gasteiger partial charge in [-0.2, -0.15) is 5.90 Å². The topological polar surface area (TPSA) is 148 Å². The lowest BCUT2D eigenvalue weighted by molar-refractivity contribution is -0.122. The van der Waals surface area contributed by atoms with Gasteiger partial charge in [-0.25, -0.2) is 9.37 Å². The van der Waals surface area contributed by atoms with E-state index in [0.29, 0.717) is 33.6 Å². The fourth-order valence-electron chi connectivity index (χ4n) is 3.87. The van der Waals surface area contributed by atoms with E-state index in [1.54, 1.807) is 47.0 Å². The minimum Gasteiger partial charge on any atom is -0.473 e. The molecular weight excluding hydrogens is 477 g/mol. The molecule has 0 unspecified atom stereocenters. The highest BCUT2D eigenvalue weighted by molar-refractivity contribution is 6.19. The molecular formula is C27H24FN5O4. The summed E-state index contributed by atoms with van der Waals surface area (Å²) in [5, 5.41) is 0.534. The molecule has 0 fully saturated rings. The summed E-state index contributed by atoms with van der Waals surface area (Å²) < 4.78 is 21.5. The van der Waals surface area contributed by atoms with Crippen molar-refractivity contribution in [2.75, 3.05) is 5.73 Å². The highest BCUT2D eigenvalue weighted by Crippen LogP contribution is 2.32. The molecule has 188 valence electrons. The van der Waals surface area contributed by atoms with Crippen molar-refractivity contribution >= 4 is 34.6 Å². The zero-order chi connectivity index (χ0) is 26.7. The van der Waals surface area contributed by atoms with Crippen LogP contribution in [-0.4, -0.2) is 27.3 Å². The number of nitrogens with two attached hydrogens (primary N) is 3. The molecule has 6 N–H and O–H groups in total. The molecule has 37 heavy (non-hydrogen) atoms. The molecule has 1 atom stereocenters. The van der Waals surface area contributed by atoms with Crippen LogP contribution in [0.2, 0.25) is 0 Å². The summed E-state index contributed by atoms with van der Waals surface area (Å²) in [5.74, 6) is 3.74. The van der Waals surface area contributed by atoms with Gasteiger partial charge in [0.1, 0.15) is 17.2 Å². The van der Waals surface area contributed by atoms with Crippen LogP contribution in [0.3, 0.4) is 0 Å². The molecule has 0 saturated carbocycles. The van der Waals surface area contributed by atoms with Crippen molar-refractivity contribution in [1.82, 2.24) is 9.55 Å². The van der Waals surface area contributed by atoms with Gasteiger partial charge in [0.15, 0.2) is 23.5 Å². The van der Waals surface area contributed by atoms with Crippen LogP contribution >= 0.6 is 0 Å². The number of carbonyl (C=O) groups is 2. The monoisotopic (exact) mass is 501 g/mol. The first-order valence-electron chi connectivity index (χ1n) is 11.1. The Labute approximate surface area is 211 Å². The number of aromatic nitrogens is 2. The number of pyridine rings is 1. The number of nitrogen functional groups attached to an aromatic ring is 1. The maximum absolute atomic E-state index is 14.4. The molecule has 0 aliphatic heterocycles. The Kier molecular flexibility index (Phi) is 7.03. The Morgan fingerprint density at radius 1 is 1.11 bits per heavy atom. The van der Waals surface area contributed by atoms with Crippen LogP contribution in [0, 0.1) is 5.82 Å². The molecule has 1 amide bonds. The van der Waals surface area contributed by atoms with Crippen molar-refractivity contribution in [3.63, 3.8) is 0 Å². The van der Waals surface area contributed by atoms with E-state index in [-0.39, 0.29) is 29.5 Å². The first-order valence-corrected chi connectivity index (χ1v) is 11.1. The number of hydrogen-bond acceptors (Lipinski definition) is 7. The zero-order valence-corrected chi connectivity index (χ0v) is 19.7. The summed E-state index contributed by atoms with van der Waals surface area (Å²) in [7, 11) is 0. The van der Waals surface area contributed by atoms with Gasteiger partial charge in [-0.3, -0.25) is 9.59 Å². The van der Waals surface area contributed by atoms with Crippen LogP contribution in [0.1, 0.15) is 27.2 Å². The number of primary amides is 1. The second-order valence-electron chi connectivity index (χ2n) is 8.07. The van der Waals surface area contributed by atoms with Gasteiger partial charge in [-0.05, 0) is 66.2 Å². The molecule has 10 heteroatoms. The largest absolute Gasteiger partial charge is 0.473 e. The molecule has 0 aliphatic rings. The standard InChI is InChI=1S/C27H24FN5O4/c1-3-17-8-11-19-23(24(34)16-6-9-18(37-31)10-7-16)25(29)33(27(19)32-17)14-15-5-12-20(28)22(13-15)36-21(4-2)26(30)35/h3-13,21H,1-2,14,29,31H2,(H2,30,35)/t21-/m1/s1. The van der Waals surface area contributed by atoms with E-state index in [9.17, 15) is 14.0 Å². The minimum absolute atomic E-state index is 0.120. The Morgan fingerprint density at radius 3 is 2.46 bits per heavy atom. The lowest BCUT2D eigenvalue weighted by Crippen LogP contribution is -2.31. The van der Waals surface area contributed by atoms with E-state index >= 15 is 0 Å². The molecule has 2 aromatic heterocycles. The van der Waals surface area contributed by atoms with E-state index in [0.717, 1.165) is 0 Å². The lowest BCUT2D eigenvalue weighted by Gasteiger charge is -2.14. The van der Waals surface area contributed by atoms with Crippen LogP contribution in [0.25, 0.3) is 17.1 Å². The third-order valence-corrected chi connectivity index (χ3v) is 5.74. The summed E-state index contributed by atoms with van der Waals surface area (Å²) in [6.45, 7) is 7.36. The number of anilines is 1. The number of amides is 1. The quantitative estimate of drug-likeness (QED) is 0.171. The number of fused-ring (bicyclic) bond motifs is 1. The van der Waals surface area contributed by atoms with Crippen molar-refractivity contribution in [2.45, 2.75) is 12.6 Å². The number of nitrogens with zero attached hydrogens (tertiary/aromatic N) is 2. The number of rotatable bonds is 10. The number of halogens is 1. The van der Waals surface area contributed by atoms with Gasteiger partial charge in [-0.1, -0.05) is 19.2 Å². The fraction of sp³-hybridized carbons (Fsp3) is 0.0741. The summed E-state index contributed by atoms with van der Waals surface area (Å²) in [4.78, 5) is 34.3. The summed E-state index contributed by atoms with van der Waals surface area (Å²) in [6, 6.07) is 13.9. The van der Waals surface area contributed by atoms with Gasteiger partial charge in [-0.15, -0.1) is 0 Å². The first-order chi connectivity index (χ1) is 17.8. The van der Waals surface area contributed by atoms with Gasteiger partial charge in [0, 0.05) is 10.9 Å². The van der Waals surface area contributed by atoms with Gasteiger partial charge in [0.25, 0.3) is 5.91 Å². The predicted molar refractivity (Wildman–Crippen MR) is 138 cm³/mol. The molecule has 0 aliphatic carbocycles. The fourth-order valence-corrected chi connectivity index (χ4v) is 3.87. The Bertz CT molecular complexity index is 1530. The Balaban J connectivity index is 1.80. The van der Waals surface area contributed by atoms with E-state index in [4.69, 9.17) is 22.1 Å². The summed E-state index contributed by atoms with van der Waals surface area (Å²) in [5.41, 5.74) is 14.0. The molecule has 0 bridgehead atoms. The molecule has 2 heterocycles. The van der Waals surface area contributed by atoms with Crippen molar-refractivity contribution in [3.8, 4) is 11.5 Å². The van der Waals surface area contributed by atoms with Crippen molar-refractivity contribution in [2.24, 2.45) is 11.6 Å². The summed E-state index contributed by atoms with van der Waals surface area (Å²) >= 11 is 0. The van der Waals surface area contributed by atoms with Crippen LogP contribution in [0.4, 0.5) is 10.2 Å². The Hall–Kier alpha value is -4.96. The first kappa shape index (κ1) is 25.1. The third kappa shape index (κ3) is 4.91. The zero-order valence-electron chi connectivity index (χ0n) is 19.7. The normalized spacial score (nSPS) is 11.6. The molecule has 2 aromatic carbocycles. The van der Waals surface area contributed by atoms with E-state index in [1.807, 2.05) is 0 Å². The molecule has 4 rings (SSSR count). The molecule has 0 saturated heterocycles. The third-order valence-electron chi connectivity index (χ3n) is 5.74. The highest BCUT2D eigenvalue weighted by Gasteiger charge is 2.24. The number of benzene rings is 2. The van der Waals surface area contributed by atoms with Gasteiger partial charge in [0.05, 0.1) is 17.8 Å². The molecule has 4 aromatic rings. The van der Waals surface area contributed by atoms with Gasteiger partial charge >= 0.3 is 0 Å². The van der Waals surface area contributed by atoms with Crippen molar-refractivity contribution in [3.05, 3.63) is 102 Å². The smallest absolute Gasteiger partial charge is 0.262 e. The second-order valence-corrected chi connectivity index (χ2v) is 8.07. The van der Waals surface area contributed by atoms with Crippen LogP contribution < -0.4 is 26.9 Å². The highest BCUT2D eigenvalue weighted by atomic mass is 19.1. The SMILES string of the molecule is C=Cc1ccc2c(C(=O)c3ccc(ON)cc3)c(N)n(Cc3ccc(F)c(O[C@H](C=C)C(N)=O)c3)c2n1. The van der Waals surface area contributed by atoms with E-state index < -0.39 is 17.8 Å². The maximum atomic E-state index is 14.4. The van der Waals surface area contributed by atoms with Gasteiger partial charge < -0.3 is 25.6 Å². The number of carbonyl (C=O) groups excluding carboxylic acids is 2. The minimum atomic E-state index is -1.21. The molecule has 0 radical (unpaired) electrons. The molecule has 9 nitrogen and oxygen atoms in total. The number of ketones is 1. The second kappa shape index (κ2) is 10.3. The van der Waals surface area contributed by atoms with Crippen molar-refractivity contribution in [1.29, 1.82) is 0 Å². The maximum Gasteiger partial charge on any atom is 0.262 e. The molecule has 0 spiro atoms. The van der Waals surface area contributed by atoms with Crippen molar-refractivity contribution < 1.29 is 23.6 Å². The van der Waals surface area contributed by atoms with Crippen LogP contribution in [-0.2, 0) is 11.3 Å². The Morgan fingerprint density at radius 2 is 1.84 bits per heavy atom. The van der Waals surface area contributed by atoms with Crippen LogP contribution in [0.15, 0.2) is 73.8 Å². The van der Waals surface area contributed by atoms with E-state index in [2.05, 4.69) is 23.0 Å². The average molecular weight is 502 g/mol.